The van der Waals surface area contributed by atoms with E-state index in [1.165, 1.54) is 6.92 Å². The van der Waals surface area contributed by atoms with Crippen molar-refractivity contribution in [1.29, 1.82) is 0 Å². The number of anilines is 1. The molecule has 0 atom stereocenters. The van der Waals surface area contributed by atoms with E-state index >= 15 is 0 Å². The molecule has 0 fully saturated rings. The summed E-state index contributed by atoms with van der Waals surface area (Å²) in [4.78, 5) is 22.1. The average Bonchev–Trinajstić information content (AvgIpc) is 2.21. The van der Waals surface area contributed by atoms with Gasteiger partial charge in [-0.3, -0.25) is 9.59 Å². The first-order valence-electron chi connectivity index (χ1n) is 4.98. The van der Waals surface area contributed by atoms with Crippen LogP contribution in [0.5, 0.6) is 0 Å². The van der Waals surface area contributed by atoms with Crippen molar-refractivity contribution in [2.75, 3.05) is 11.9 Å². The number of hydrogen-bond acceptors (Lipinski definition) is 2. The number of carbonyl (C=O) groups is 2. The fraction of sp³-hybridized carbons (Fsp3) is 0.273. The van der Waals surface area contributed by atoms with Crippen molar-refractivity contribution in [1.82, 2.24) is 5.32 Å². The second kappa shape index (κ2) is 6.61. The molecule has 0 aromatic heterocycles. The molecule has 0 radical (unpaired) electrons. The Morgan fingerprint density at radius 3 is 2.71 bits per heavy atom. The highest BCUT2D eigenvalue weighted by atomic mass is 79.9. The second-order valence-corrected chi connectivity index (χ2v) is 4.73. The van der Waals surface area contributed by atoms with Crippen molar-refractivity contribution in [2.24, 2.45) is 0 Å². The van der Waals surface area contributed by atoms with Gasteiger partial charge in [-0.15, -0.1) is 0 Å². The summed E-state index contributed by atoms with van der Waals surface area (Å²) in [6, 6.07) is 5.20. The zero-order chi connectivity index (χ0) is 12.8. The molecule has 1 aromatic carbocycles. The molecule has 0 saturated carbocycles. The van der Waals surface area contributed by atoms with Crippen LogP contribution in [-0.4, -0.2) is 18.4 Å². The summed E-state index contributed by atoms with van der Waals surface area (Å²) in [6.07, 6.45) is 0.214. The first-order chi connectivity index (χ1) is 7.99. The fourth-order valence-electron chi connectivity index (χ4n) is 1.16. The largest absolute Gasteiger partial charge is 0.356 e. The SMILES string of the molecule is CC(=O)NCCC(=O)Nc1ccc(Br)cc1Cl. The van der Waals surface area contributed by atoms with Crippen LogP contribution in [-0.2, 0) is 9.59 Å². The van der Waals surface area contributed by atoms with Crippen LogP contribution in [0.2, 0.25) is 5.02 Å². The van der Waals surface area contributed by atoms with Gasteiger partial charge in [0.05, 0.1) is 10.7 Å². The normalized spacial score (nSPS) is 9.82. The smallest absolute Gasteiger partial charge is 0.226 e. The van der Waals surface area contributed by atoms with E-state index in [4.69, 9.17) is 11.6 Å². The van der Waals surface area contributed by atoms with Crippen LogP contribution in [0.4, 0.5) is 5.69 Å². The average molecular weight is 320 g/mol. The zero-order valence-corrected chi connectivity index (χ0v) is 11.6. The van der Waals surface area contributed by atoms with Crippen LogP contribution in [0.25, 0.3) is 0 Å². The summed E-state index contributed by atoms with van der Waals surface area (Å²) in [7, 11) is 0. The monoisotopic (exact) mass is 318 g/mol. The Bertz CT molecular complexity index is 437. The standard InChI is InChI=1S/C11H12BrClN2O2/c1-7(16)14-5-4-11(17)15-10-3-2-8(12)6-9(10)13/h2-3,6H,4-5H2,1H3,(H,14,16)(H,15,17). The number of rotatable bonds is 4. The van der Waals surface area contributed by atoms with Crippen molar-refractivity contribution in [3.8, 4) is 0 Å². The third-order valence-electron chi connectivity index (χ3n) is 1.93. The summed E-state index contributed by atoms with van der Waals surface area (Å²) in [6.45, 7) is 1.72. The van der Waals surface area contributed by atoms with Gasteiger partial charge < -0.3 is 10.6 Å². The van der Waals surface area contributed by atoms with E-state index in [2.05, 4.69) is 26.6 Å². The Hall–Kier alpha value is -1.07. The summed E-state index contributed by atoms with van der Waals surface area (Å²) < 4.78 is 0.846. The van der Waals surface area contributed by atoms with Crippen molar-refractivity contribution in [2.45, 2.75) is 13.3 Å². The van der Waals surface area contributed by atoms with E-state index in [1.54, 1.807) is 18.2 Å². The van der Waals surface area contributed by atoms with E-state index in [0.717, 1.165) is 4.47 Å². The van der Waals surface area contributed by atoms with Crippen LogP contribution in [0.15, 0.2) is 22.7 Å². The summed E-state index contributed by atoms with van der Waals surface area (Å²) in [5.41, 5.74) is 0.558. The highest BCUT2D eigenvalue weighted by molar-refractivity contribution is 9.10. The Labute approximate surface area is 113 Å². The first kappa shape index (κ1) is 14.0. The number of carbonyl (C=O) groups excluding carboxylic acids is 2. The Balaban J connectivity index is 2.48. The molecule has 2 amide bonds. The molecule has 1 rings (SSSR count). The zero-order valence-electron chi connectivity index (χ0n) is 9.22. The molecular formula is C11H12BrClN2O2. The van der Waals surface area contributed by atoms with Gasteiger partial charge in [0.2, 0.25) is 11.8 Å². The minimum Gasteiger partial charge on any atom is -0.356 e. The van der Waals surface area contributed by atoms with Crippen molar-refractivity contribution in [3.63, 3.8) is 0 Å². The number of amides is 2. The molecule has 2 N–H and O–H groups in total. The van der Waals surface area contributed by atoms with Gasteiger partial charge in [0, 0.05) is 24.4 Å². The minimum atomic E-state index is -0.192. The van der Waals surface area contributed by atoms with E-state index < -0.39 is 0 Å². The maximum atomic E-state index is 11.5. The van der Waals surface area contributed by atoms with E-state index in [9.17, 15) is 9.59 Å². The predicted octanol–water partition coefficient (Wildman–Crippen LogP) is 2.57. The van der Waals surface area contributed by atoms with Gasteiger partial charge in [0.1, 0.15) is 0 Å². The molecular weight excluding hydrogens is 307 g/mol. The van der Waals surface area contributed by atoms with Gasteiger partial charge in [-0.1, -0.05) is 27.5 Å². The summed E-state index contributed by atoms with van der Waals surface area (Å²) in [5, 5.41) is 5.68. The topological polar surface area (TPSA) is 58.2 Å². The summed E-state index contributed by atoms with van der Waals surface area (Å²) >= 11 is 9.22. The lowest BCUT2D eigenvalue weighted by atomic mass is 10.3. The molecule has 6 heteroatoms. The van der Waals surface area contributed by atoms with Gasteiger partial charge in [0.15, 0.2) is 0 Å². The lowest BCUT2D eigenvalue weighted by Crippen LogP contribution is -2.25. The second-order valence-electron chi connectivity index (χ2n) is 3.41. The molecule has 0 spiro atoms. The molecule has 4 nitrogen and oxygen atoms in total. The lowest BCUT2D eigenvalue weighted by molar-refractivity contribution is -0.119. The molecule has 1 aromatic rings. The maximum Gasteiger partial charge on any atom is 0.226 e. The van der Waals surface area contributed by atoms with Gasteiger partial charge in [-0.2, -0.15) is 0 Å². The molecule has 0 bridgehead atoms. The lowest BCUT2D eigenvalue weighted by Gasteiger charge is -2.07. The number of halogens is 2. The van der Waals surface area contributed by atoms with Gasteiger partial charge in [-0.05, 0) is 18.2 Å². The molecule has 0 aliphatic heterocycles. The van der Waals surface area contributed by atoms with Crippen molar-refractivity contribution >= 4 is 45.0 Å². The Morgan fingerprint density at radius 1 is 1.41 bits per heavy atom. The highest BCUT2D eigenvalue weighted by Crippen LogP contribution is 2.25. The fourth-order valence-corrected chi connectivity index (χ4v) is 1.88. The van der Waals surface area contributed by atoms with Gasteiger partial charge >= 0.3 is 0 Å². The molecule has 0 heterocycles. The third kappa shape index (κ3) is 5.19. The van der Waals surface area contributed by atoms with E-state index in [1.807, 2.05) is 0 Å². The first-order valence-corrected chi connectivity index (χ1v) is 6.15. The van der Waals surface area contributed by atoms with Crippen molar-refractivity contribution < 1.29 is 9.59 Å². The maximum absolute atomic E-state index is 11.5. The van der Waals surface area contributed by atoms with Crippen LogP contribution >= 0.6 is 27.5 Å². The molecule has 0 aliphatic rings. The quantitative estimate of drug-likeness (QED) is 0.896. The Morgan fingerprint density at radius 2 is 2.12 bits per heavy atom. The van der Waals surface area contributed by atoms with Gasteiger partial charge in [-0.25, -0.2) is 0 Å². The van der Waals surface area contributed by atoms with Crippen LogP contribution in [0, 0.1) is 0 Å². The van der Waals surface area contributed by atoms with Crippen molar-refractivity contribution in [3.05, 3.63) is 27.7 Å². The molecule has 92 valence electrons. The minimum absolute atomic E-state index is 0.153. The number of benzene rings is 1. The predicted molar refractivity (Wildman–Crippen MR) is 71.1 cm³/mol. The van der Waals surface area contributed by atoms with Crippen LogP contribution in [0.3, 0.4) is 0 Å². The van der Waals surface area contributed by atoms with E-state index in [-0.39, 0.29) is 18.2 Å². The number of nitrogens with one attached hydrogen (secondary N) is 2. The molecule has 0 aliphatic carbocycles. The number of hydrogen-bond donors (Lipinski definition) is 2. The van der Waals surface area contributed by atoms with E-state index in [0.29, 0.717) is 17.3 Å². The molecule has 0 unspecified atom stereocenters. The highest BCUT2D eigenvalue weighted by Gasteiger charge is 2.06. The summed E-state index contributed by atoms with van der Waals surface area (Å²) in [5.74, 6) is -0.345. The van der Waals surface area contributed by atoms with Crippen LogP contribution in [0.1, 0.15) is 13.3 Å². The molecule has 0 saturated heterocycles. The Kier molecular flexibility index (Phi) is 5.44. The van der Waals surface area contributed by atoms with Gasteiger partial charge in [0.25, 0.3) is 0 Å². The third-order valence-corrected chi connectivity index (χ3v) is 2.74. The molecule has 17 heavy (non-hydrogen) atoms. The van der Waals surface area contributed by atoms with Crippen LogP contribution < -0.4 is 10.6 Å².